The van der Waals surface area contributed by atoms with Gasteiger partial charge in [-0.25, -0.2) is 0 Å². The first-order valence-electron chi connectivity index (χ1n) is 8.28. The average Bonchev–Trinajstić information content (AvgIpc) is 2.74. The summed E-state index contributed by atoms with van der Waals surface area (Å²) in [4.78, 5) is 12.4. The summed E-state index contributed by atoms with van der Waals surface area (Å²) in [6.07, 6.45) is 0. The monoisotopic (exact) mass is 375 g/mol. The van der Waals surface area contributed by atoms with Gasteiger partial charge in [0.1, 0.15) is 6.07 Å². The highest BCUT2D eigenvalue weighted by atomic mass is 16.5. The molecule has 0 aliphatic carbocycles. The van der Waals surface area contributed by atoms with Gasteiger partial charge in [-0.2, -0.15) is 5.26 Å². The fraction of sp³-hybridized carbons (Fsp3) is 0.100. The summed E-state index contributed by atoms with van der Waals surface area (Å²) < 4.78 is 10.4. The normalized spacial score (nSPS) is 9.89. The number of carbonyl (C=O) groups excluding carboxylic acids is 1. The van der Waals surface area contributed by atoms with Crippen LogP contribution in [0.2, 0.25) is 0 Å². The number of hydrogen-bond donors (Lipinski definition) is 2. The number of nitrogens with one attached hydrogen (secondary N) is 2. The Morgan fingerprint density at radius 3 is 2.46 bits per heavy atom. The van der Waals surface area contributed by atoms with Gasteiger partial charge in [-0.3, -0.25) is 4.79 Å². The van der Waals surface area contributed by atoms with Crippen LogP contribution in [0.4, 0.5) is 17.2 Å². The van der Waals surface area contributed by atoms with Crippen LogP contribution in [0.25, 0.3) is 0 Å². The van der Waals surface area contributed by atoms with E-state index in [1.165, 1.54) is 14.2 Å². The molecule has 0 radical (unpaired) electrons. The SMILES string of the molecule is COc1ccc(NC(=O)c2ccc(Nc3ccccc3C#N)nn2)cc1OC. The minimum absolute atomic E-state index is 0.147. The lowest BCUT2D eigenvalue weighted by atomic mass is 10.2. The topological polar surface area (TPSA) is 109 Å². The van der Waals surface area contributed by atoms with Crippen molar-refractivity contribution in [3.05, 3.63) is 65.9 Å². The Morgan fingerprint density at radius 2 is 1.79 bits per heavy atom. The van der Waals surface area contributed by atoms with E-state index in [9.17, 15) is 4.79 Å². The Morgan fingerprint density at radius 1 is 1.00 bits per heavy atom. The standard InChI is InChI=1S/C20H17N5O3/c1-27-17-9-7-14(11-18(17)28-2)22-20(26)16-8-10-19(25-24-16)23-15-6-4-3-5-13(15)12-21/h3-11H,1-2H3,(H,22,26)(H,23,25). The maximum Gasteiger partial charge on any atom is 0.276 e. The number of hydrogen-bond acceptors (Lipinski definition) is 7. The quantitative estimate of drug-likeness (QED) is 0.680. The lowest BCUT2D eigenvalue weighted by molar-refractivity contribution is 0.102. The number of para-hydroxylation sites is 1. The summed E-state index contributed by atoms with van der Waals surface area (Å²) >= 11 is 0. The molecule has 0 atom stereocenters. The number of ether oxygens (including phenoxy) is 2. The van der Waals surface area contributed by atoms with Crippen LogP contribution in [0.15, 0.2) is 54.6 Å². The first-order valence-corrected chi connectivity index (χ1v) is 8.28. The van der Waals surface area contributed by atoms with Crippen molar-refractivity contribution in [2.45, 2.75) is 0 Å². The zero-order valence-corrected chi connectivity index (χ0v) is 15.3. The molecule has 8 heteroatoms. The Hall–Kier alpha value is -4.12. The van der Waals surface area contributed by atoms with Crippen molar-refractivity contribution in [3.63, 3.8) is 0 Å². The zero-order valence-electron chi connectivity index (χ0n) is 15.3. The average molecular weight is 375 g/mol. The summed E-state index contributed by atoms with van der Waals surface area (Å²) in [6, 6.07) is 17.3. The van der Waals surface area contributed by atoms with Gasteiger partial charge < -0.3 is 20.1 Å². The Kier molecular flexibility index (Phi) is 5.67. The van der Waals surface area contributed by atoms with E-state index in [4.69, 9.17) is 14.7 Å². The Labute approximate surface area is 161 Å². The van der Waals surface area contributed by atoms with E-state index in [0.717, 1.165) is 0 Å². The van der Waals surface area contributed by atoms with Gasteiger partial charge in [0.2, 0.25) is 0 Å². The minimum Gasteiger partial charge on any atom is -0.493 e. The van der Waals surface area contributed by atoms with Crippen LogP contribution in [-0.2, 0) is 0 Å². The number of aromatic nitrogens is 2. The molecular formula is C20H17N5O3. The number of benzene rings is 2. The Balaban J connectivity index is 1.71. The molecule has 8 nitrogen and oxygen atoms in total. The maximum absolute atomic E-state index is 12.4. The molecule has 0 fully saturated rings. The molecule has 3 aromatic rings. The number of anilines is 3. The van der Waals surface area contributed by atoms with E-state index in [1.54, 1.807) is 48.5 Å². The zero-order chi connectivity index (χ0) is 19.9. The summed E-state index contributed by atoms with van der Waals surface area (Å²) in [5.74, 6) is 1.07. The molecule has 1 heterocycles. The molecular weight excluding hydrogens is 358 g/mol. The number of carbonyl (C=O) groups is 1. The predicted molar refractivity (Wildman–Crippen MR) is 104 cm³/mol. The van der Waals surface area contributed by atoms with Gasteiger partial charge in [0.25, 0.3) is 5.91 Å². The molecule has 0 spiro atoms. The second kappa shape index (κ2) is 8.51. The first kappa shape index (κ1) is 18.7. The summed E-state index contributed by atoms with van der Waals surface area (Å²) in [7, 11) is 3.06. The van der Waals surface area contributed by atoms with E-state index in [1.807, 2.05) is 6.07 Å². The Bertz CT molecular complexity index is 1030. The van der Waals surface area contributed by atoms with E-state index in [2.05, 4.69) is 26.9 Å². The van der Waals surface area contributed by atoms with Crippen molar-refractivity contribution in [2.75, 3.05) is 24.9 Å². The third-order valence-electron chi connectivity index (χ3n) is 3.85. The summed E-state index contributed by atoms with van der Waals surface area (Å²) in [5, 5.41) is 22.8. The number of nitrogens with zero attached hydrogens (tertiary/aromatic N) is 3. The predicted octanol–water partition coefficient (Wildman–Crippen LogP) is 3.36. The number of methoxy groups -OCH3 is 2. The molecule has 0 bridgehead atoms. The van der Waals surface area contributed by atoms with Crippen molar-refractivity contribution in [1.82, 2.24) is 10.2 Å². The maximum atomic E-state index is 12.4. The molecule has 0 unspecified atom stereocenters. The van der Waals surface area contributed by atoms with Crippen LogP contribution >= 0.6 is 0 Å². The van der Waals surface area contributed by atoms with Crippen LogP contribution < -0.4 is 20.1 Å². The molecule has 1 amide bonds. The fourth-order valence-electron chi connectivity index (χ4n) is 2.46. The van der Waals surface area contributed by atoms with Gasteiger partial charge in [0.05, 0.1) is 25.5 Å². The van der Waals surface area contributed by atoms with E-state index >= 15 is 0 Å². The first-order chi connectivity index (χ1) is 13.6. The number of rotatable bonds is 6. The number of nitriles is 1. The van der Waals surface area contributed by atoms with Gasteiger partial charge >= 0.3 is 0 Å². The van der Waals surface area contributed by atoms with Gasteiger partial charge in [-0.1, -0.05) is 12.1 Å². The molecule has 0 saturated carbocycles. The van der Waals surface area contributed by atoms with Crippen molar-refractivity contribution in [2.24, 2.45) is 0 Å². The van der Waals surface area contributed by atoms with Crippen molar-refractivity contribution in [3.8, 4) is 17.6 Å². The molecule has 0 aliphatic rings. The third kappa shape index (κ3) is 4.16. The summed E-state index contributed by atoms with van der Waals surface area (Å²) in [6.45, 7) is 0. The van der Waals surface area contributed by atoms with E-state index in [0.29, 0.717) is 34.3 Å². The molecule has 2 aromatic carbocycles. The van der Waals surface area contributed by atoms with Crippen LogP contribution in [0.1, 0.15) is 16.1 Å². The molecule has 0 aliphatic heterocycles. The van der Waals surface area contributed by atoms with Crippen LogP contribution in [0.3, 0.4) is 0 Å². The highest BCUT2D eigenvalue weighted by molar-refractivity contribution is 6.03. The lowest BCUT2D eigenvalue weighted by Gasteiger charge is -2.10. The van der Waals surface area contributed by atoms with E-state index < -0.39 is 5.91 Å². The van der Waals surface area contributed by atoms with Crippen LogP contribution in [-0.4, -0.2) is 30.3 Å². The molecule has 1 aromatic heterocycles. The molecule has 3 rings (SSSR count). The second-order valence-electron chi connectivity index (χ2n) is 5.61. The smallest absolute Gasteiger partial charge is 0.276 e. The molecule has 2 N–H and O–H groups in total. The van der Waals surface area contributed by atoms with Crippen molar-refractivity contribution in [1.29, 1.82) is 5.26 Å². The largest absolute Gasteiger partial charge is 0.493 e. The van der Waals surface area contributed by atoms with Gasteiger partial charge in [0.15, 0.2) is 23.0 Å². The molecule has 0 saturated heterocycles. The second-order valence-corrected chi connectivity index (χ2v) is 5.61. The van der Waals surface area contributed by atoms with Crippen LogP contribution in [0.5, 0.6) is 11.5 Å². The van der Waals surface area contributed by atoms with Crippen LogP contribution in [0, 0.1) is 11.3 Å². The van der Waals surface area contributed by atoms with Crippen molar-refractivity contribution >= 4 is 23.1 Å². The molecule has 140 valence electrons. The minimum atomic E-state index is -0.413. The van der Waals surface area contributed by atoms with E-state index in [-0.39, 0.29) is 5.69 Å². The highest BCUT2D eigenvalue weighted by Crippen LogP contribution is 2.29. The van der Waals surface area contributed by atoms with Gasteiger partial charge in [-0.15, -0.1) is 10.2 Å². The van der Waals surface area contributed by atoms with Gasteiger partial charge in [-0.05, 0) is 36.4 Å². The highest BCUT2D eigenvalue weighted by Gasteiger charge is 2.11. The number of amides is 1. The lowest BCUT2D eigenvalue weighted by Crippen LogP contribution is -2.14. The molecule has 28 heavy (non-hydrogen) atoms. The van der Waals surface area contributed by atoms with Crippen molar-refractivity contribution < 1.29 is 14.3 Å². The third-order valence-corrected chi connectivity index (χ3v) is 3.85. The van der Waals surface area contributed by atoms with Gasteiger partial charge in [0, 0.05) is 11.8 Å². The fourth-order valence-corrected chi connectivity index (χ4v) is 2.46. The summed E-state index contributed by atoms with van der Waals surface area (Å²) in [5.41, 5.74) is 1.78.